The van der Waals surface area contributed by atoms with Crippen molar-refractivity contribution in [2.45, 2.75) is 19.2 Å². The normalized spacial score (nSPS) is 12.0. The number of imidazole rings is 1. The molecule has 0 spiro atoms. The summed E-state index contributed by atoms with van der Waals surface area (Å²) in [6.07, 6.45) is 1.80. The van der Waals surface area contributed by atoms with E-state index in [2.05, 4.69) is 9.71 Å². The quantitative estimate of drug-likeness (QED) is 0.472. The molecule has 0 atom stereocenters. The Bertz CT molecular complexity index is 1330. The number of sulfonamides is 1. The van der Waals surface area contributed by atoms with Crippen LogP contribution in [0.4, 0.5) is 13.2 Å². The van der Waals surface area contributed by atoms with Crippen molar-refractivity contribution < 1.29 is 21.6 Å². The molecule has 0 radical (unpaired) electrons. The zero-order valence-corrected chi connectivity index (χ0v) is 17.3. The maximum Gasteiger partial charge on any atom is 0.216 e. The van der Waals surface area contributed by atoms with Gasteiger partial charge in [-0.15, -0.1) is 0 Å². The lowest BCUT2D eigenvalue weighted by atomic mass is 10.2. The van der Waals surface area contributed by atoms with Crippen molar-refractivity contribution in [3.8, 4) is 11.3 Å². The van der Waals surface area contributed by atoms with Crippen molar-refractivity contribution in [1.29, 1.82) is 0 Å². The summed E-state index contributed by atoms with van der Waals surface area (Å²) in [7, 11) is -3.88. The van der Waals surface area contributed by atoms with E-state index in [1.54, 1.807) is 18.3 Å². The standard InChI is InChI=1S/C20H16F3N3O2S2/c1-12-19(9-24-30(27,28)11-14-8-16(22)6-7-17(14)23)29-20-25-18(10-26(12)20)13-2-4-15(21)5-3-13/h2-8,10,24H,9,11H2,1H3. The van der Waals surface area contributed by atoms with E-state index in [9.17, 15) is 21.6 Å². The zero-order chi connectivity index (χ0) is 21.5. The van der Waals surface area contributed by atoms with E-state index in [4.69, 9.17) is 0 Å². The molecule has 0 aliphatic rings. The molecular formula is C20H16F3N3O2S2. The molecule has 0 aliphatic carbocycles. The van der Waals surface area contributed by atoms with Gasteiger partial charge >= 0.3 is 0 Å². The van der Waals surface area contributed by atoms with Gasteiger partial charge in [-0.25, -0.2) is 31.3 Å². The molecule has 2 aromatic heterocycles. The number of hydrogen-bond acceptors (Lipinski definition) is 4. The highest BCUT2D eigenvalue weighted by Gasteiger charge is 2.18. The molecule has 2 heterocycles. The third kappa shape index (κ3) is 4.25. The lowest BCUT2D eigenvalue weighted by molar-refractivity contribution is 0.570. The molecule has 0 saturated carbocycles. The van der Waals surface area contributed by atoms with Crippen LogP contribution in [0.5, 0.6) is 0 Å². The maximum absolute atomic E-state index is 13.7. The van der Waals surface area contributed by atoms with Gasteiger partial charge in [0.05, 0.1) is 11.4 Å². The molecule has 0 aliphatic heterocycles. The van der Waals surface area contributed by atoms with Crippen molar-refractivity contribution in [2.24, 2.45) is 0 Å². The summed E-state index contributed by atoms with van der Waals surface area (Å²) in [6, 6.07) is 8.70. The van der Waals surface area contributed by atoms with Crippen LogP contribution in [-0.2, 0) is 22.3 Å². The van der Waals surface area contributed by atoms with Crippen LogP contribution >= 0.6 is 11.3 Å². The molecule has 0 amide bonds. The minimum absolute atomic E-state index is 0.00497. The number of rotatable bonds is 6. The average Bonchev–Trinajstić information content (AvgIpc) is 3.23. The topological polar surface area (TPSA) is 63.5 Å². The van der Waals surface area contributed by atoms with Crippen LogP contribution in [0.25, 0.3) is 16.2 Å². The molecule has 30 heavy (non-hydrogen) atoms. The van der Waals surface area contributed by atoms with Gasteiger partial charge in [0, 0.05) is 34.4 Å². The Morgan fingerprint density at radius 2 is 1.77 bits per heavy atom. The fraction of sp³-hybridized carbons (Fsp3) is 0.150. The fourth-order valence-electron chi connectivity index (χ4n) is 3.00. The van der Waals surface area contributed by atoms with Gasteiger partial charge in [0.2, 0.25) is 10.0 Å². The van der Waals surface area contributed by atoms with Gasteiger partial charge in [-0.2, -0.15) is 0 Å². The highest BCUT2D eigenvalue weighted by Crippen LogP contribution is 2.27. The van der Waals surface area contributed by atoms with Crippen LogP contribution in [0.1, 0.15) is 16.1 Å². The molecule has 1 N–H and O–H groups in total. The highest BCUT2D eigenvalue weighted by molar-refractivity contribution is 7.88. The van der Waals surface area contributed by atoms with Gasteiger partial charge in [-0.05, 0) is 49.4 Å². The second kappa shape index (κ2) is 7.86. The van der Waals surface area contributed by atoms with Gasteiger partial charge in [0.1, 0.15) is 17.5 Å². The molecule has 156 valence electrons. The van der Waals surface area contributed by atoms with Crippen molar-refractivity contribution in [3.05, 3.63) is 82.2 Å². The number of aryl methyl sites for hydroxylation is 1. The predicted octanol–water partition coefficient (Wildman–Crippen LogP) is 4.41. The largest absolute Gasteiger partial charge is 0.294 e. The summed E-state index contributed by atoms with van der Waals surface area (Å²) in [4.78, 5) is 5.92. The lowest BCUT2D eigenvalue weighted by Crippen LogP contribution is -2.25. The average molecular weight is 451 g/mol. The number of hydrogen-bond donors (Lipinski definition) is 1. The Balaban J connectivity index is 1.51. The van der Waals surface area contributed by atoms with Crippen LogP contribution in [0.15, 0.2) is 48.7 Å². The first kappa shape index (κ1) is 20.6. The Labute approximate surface area is 174 Å². The number of thiazole rings is 1. The first-order valence-corrected chi connectivity index (χ1v) is 11.3. The van der Waals surface area contributed by atoms with Crippen LogP contribution in [0.3, 0.4) is 0 Å². The summed E-state index contributed by atoms with van der Waals surface area (Å²) in [5, 5.41) is 0. The summed E-state index contributed by atoms with van der Waals surface area (Å²) < 4.78 is 69.0. The summed E-state index contributed by atoms with van der Waals surface area (Å²) in [5.41, 5.74) is 2.02. The van der Waals surface area contributed by atoms with Gasteiger partial charge in [-0.1, -0.05) is 11.3 Å². The Morgan fingerprint density at radius 3 is 2.47 bits per heavy atom. The molecule has 0 bridgehead atoms. The number of nitrogens with one attached hydrogen (secondary N) is 1. The summed E-state index contributed by atoms with van der Waals surface area (Å²) in [6.45, 7) is 1.83. The smallest absolute Gasteiger partial charge is 0.216 e. The van der Waals surface area contributed by atoms with Gasteiger partial charge < -0.3 is 0 Å². The molecule has 5 nitrogen and oxygen atoms in total. The number of benzene rings is 2. The molecule has 4 aromatic rings. The van der Waals surface area contributed by atoms with E-state index in [0.717, 1.165) is 34.3 Å². The van der Waals surface area contributed by atoms with Crippen molar-refractivity contribution in [3.63, 3.8) is 0 Å². The number of nitrogens with zero attached hydrogens (tertiary/aromatic N) is 2. The second-order valence-electron chi connectivity index (χ2n) is 6.71. The van der Waals surface area contributed by atoms with Gasteiger partial charge in [0.15, 0.2) is 4.96 Å². The highest BCUT2D eigenvalue weighted by atomic mass is 32.2. The molecule has 0 saturated heterocycles. The van der Waals surface area contributed by atoms with E-state index < -0.39 is 27.4 Å². The van der Waals surface area contributed by atoms with E-state index >= 15 is 0 Å². The van der Waals surface area contributed by atoms with E-state index in [1.807, 2.05) is 11.3 Å². The molecule has 0 fully saturated rings. The first-order chi connectivity index (χ1) is 14.2. The first-order valence-electron chi connectivity index (χ1n) is 8.86. The molecule has 4 rings (SSSR count). The van der Waals surface area contributed by atoms with Crippen molar-refractivity contribution in [1.82, 2.24) is 14.1 Å². The molecular weight excluding hydrogens is 435 g/mol. The van der Waals surface area contributed by atoms with E-state index in [1.165, 1.54) is 23.5 Å². The molecule has 2 aromatic carbocycles. The van der Waals surface area contributed by atoms with Crippen molar-refractivity contribution in [2.75, 3.05) is 0 Å². The van der Waals surface area contributed by atoms with E-state index in [0.29, 0.717) is 10.7 Å². The predicted molar refractivity (Wildman–Crippen MR) is 109 cm³/mol. The minimum atomic E-state index is -3.88. The molecule has 0 unspecified atom stereocenters. The minimum Gasteiger partial charge on any atom is -0.294 e. The number of aromatic nitrogens is 2. The summed E-state index contributed by atoms with van der Waals surface area (Å²) >= 11 is 1.31. The van der Waals surface area contributed by atoms with Crippen LogP contribution in [0.2, 0.25) is 0 Å². The SMILES string of the molecule is Cc1c(CNS(=O)(=O)Cc2cc(F)ccc2F)sc2nc(-c3ccc(F)cc3)cn12. The monoisotopic (exact) mass is 451 g/mol. The Morgan fingerprint density at radius 1 is 1.07 bits per heavy atom. The zero-order valence-electron chi connectivity index (χ0n) is 15.7. The number of fused-ring (bicyclic) bond motifs is 1. The number of halogens is 3. The molecule has 10 heteroatoms. The van der Waals surface area contributed by atoms with Crippen LogP contribution < -0.4 is 4.72 Å². The van der Waals surface area contributed by atoms with Gasteiger partial charge in [0.25, 0.3) is 0 Å². The third-order valence-corrected chi connectivity index (χ3v) is 7.03. The third-order valence-electron chi connectivity index (χ3n) is 4.60. The fourth-order valence-corrected chi connectivity index (χ4v) is 5.23. The van der Waals surface area contributed by atoms with E-state index in [-0.39, 0.29) is 17.9 Å². The van der Waals surface area contributed by atoms with Crippen LogP contribution in [0, 0.1) is 24.4 Å². The van der Waals surface area contributed by atoms with Gasteiger partial charge in [-0.3, -0.25) is 4.40 Å². The lowest BCUT2D eigenvalue weighted by Gasteiger charge is -2.07. The summed E-state index contributed by atoms with van der Waals surface area (Å²) in [5.74, 6) is -2.47. The Kier molecular flexibility index (Phi) is 5.39. The van der Waals surface area contributed by atoms with Crippen LogP contribution in [-0.4, -0.2) is 17.8 Å². The second-order valence-corrected chi connectivity index (χ2v) is 9.58. The van der Waals surface area contributed by atoms with Crippen molar-refractivity contribution >= 4 is 26.3 Å². The maximum atomic E-state index is 13.7. The Hall–Kier alpha value is -2.69.